The fraction of sp³-hybridized carbons (Fsp3) is 0.278. The van der Waals surface area contributed by atoms with Crippen LogP contribution < -0.4 is 11.1 Å². The van der Waals surface area contributed by atoms with Crippen molar-refractivity contribution in [2.45, 2.75) is 26.7 Å². The molecule has 3 rings (SSSR count). The van der Waals surface area contributed by atoms with Crippen LogP contribution in [-0.2, 0) is 17.6 Å². The summed E-state index contributed by atoms with van der Waals surface area (Å²) in [4.78, 5) is 21.3. The van der Waals surface area contributed by atoms with E-state index in [9.17, 15) is 4.79 Å². The van der Waals surface area contributed by atoms with Crippen LogP contribution in [0.1, 0.15) is 23.9 Å². The Bertz CT molecular complexity index is 798. The first-order valence-electron chi connectivity index (χ1n) is 7.69. The number of benzene rings is 1. The van der Waals surface area contributed by atoms with Crippen LogP contribution >= 0.6 is 0 Å². The van der Waals surface area contributed by atoms with Crippen LogP contribution in [0.15, 0.2) is 30.9 Å². The minimum absolute atomic E-state index is 0.124. The quantitative estimate of drug-likeness (QED) is 0.675. The largest absolute Gasteiger partial charge is 0.399 e. The molecule has 1 aromatic heterocycles. The third kappa shape index (κ3) is 2.82. The summed E-state index contributed by atoms with van der Waals surface area (Å²) < 4.78 is 0. The molecule has 1 aromatic carbocycles. The minimum Gasteiger partial charge on any atom is -0.399 e. The van der Waals surface area contributed by atoms with Crippen molar-refractivity contribution in [2.75, 3.05) is 11.1 Å². The molecule has 1 aliphatic rings. The van der Waals surface area contributed by atoms with Crippen LogP contribution in [0.3, 0.4) is 0 Å². The number of rotatable bonds is 3. The molecule has 118 valence electrons. The van der Waals surface area contributed by atoms with E-state index in [0.717, 1.165) is 35.5 Å². The first-order valence-corrected chi connectivity index (χ1v) is 7.69. The fourth-order valence-electron chi connectivity index (χ4n) is 2.70. The van der Waals surface area contributed by atoms with Crippen molar-refractivity contribution < 1.29 is 4.79 Å². The van der Waals surface area contributed by atoms with Gasteiger partial charge in [0.15, 0.2) is 5.82 Å². The van der Waals surface area contributed by atoms with Gasteiger partial charge >= 0.3 is 0 Å². The Balaban J connectivity index is 1.99. The van der Waals surface area contributed by atoms with Gasteiger partial charge in [0.25, 0.3) is 0 Å². The van der Waals surface area contributed by atoms with Crippen LogP contribution in [0.5, 0.6) is 0 Å². The molecular weight excluding hydrogens is 288 g/mol. The maximum atomic E-state index is 12.0. The highest BCUT2D eigenvalue weighted by Crippen LogP contribution is 2.33. The maximum Gasteiger partial charge on any atom is 0.232 e. The maximum absolute atomic E-state index is 12.0. The Hall–Kier alpha value is -2.69. The molecular formula is C18H20N4O. The molecule has 3 N–H and O–H groups in total. The van der Waals surface area contributed by atoms with Gasteiger partial charge < -0.3 is 11.1 Å². The molecule has 0 aliphatic heterocycles. The Labute approximate surface area is 135 Å². The number of anilines is 2. The summed E-state index contributed by atoms with van der Waals surface area (Å²) in [5.74, 6) is 0.138. The zero-order valence-electron chi connectivity index (χ0n) is 13.4. The lowest BCUT2D eigenvalue weighted by atomic mass is 9.91. The van der Waals surface area contributed by atoms with Gasteiger partial charge in [-0.1, -0.05) is 19.1 Å². The monoisotopic (exact) mass is 308 g/mol. The second kappa shape index (κ2) is 5.83. The Kier molecular flexibility index (Phi) is 3.86. The smallest absolute Gasteiger partial charge is 0.232 e. The molecule has 0 spiro atoms. The summed E-state index contributed by atoms with van der Waals surface area (Å²) in [5, 5.41) is 2.84. The number of carbonyl (C=O) groups is 1. The Morgan fingerprint density at radius 3 is 2.91 bits per heavy atom. The molecule has 1 amide bonds. The normalized spacial score (nSPS) is 13.7. The summed E-state index contributed by atoms with van der Waals surface area (Å²) in [6.45, 7) is 7.29. The van der Waals surface area contributed by atoms with Gasteiger partial charge in [0.2, 0.25) is 5.91 Å². The van der Waals surface area contributed by atoms with Crippen LogP contribution in [0.25, 0.3) is 11.3 Å². The lowest BCUT2D eigenvalue weighted by Crippen LogP contribution is -2.21. The van der Waals surface area contributed by atoms with Crippen LogP contribution in [0, 0.1) is 12.8 Å². The number of nitrogen functional groups attached to an aromatic ring is 1. The van der Waals surface area contributed by atoms with Crippen LogP contribution in [0.4, 0.5) is 11.5 Å². The predicted octanol–water partition coefficient (Wildman–Crippen LogP) is 2.89. The van der Waals surface area contributed by atoms with Crippen molar-refractivity contribution in [3.8, 4) is 11.3 Å². The molecule has 1 atom stereocenters. The number of aromatic nitrogens is 2. The average molecular weight is 308 g/mol. The zero-order chi connectivity index (χ0) is 16.6. The summed E-state index contributed by atoms with van der Waals surface area (Å²) in [5.41, 5.74) is 11.4. The number of hydrogen-bond acceptors (Lipinski definition) is 4. The molecule has 1 aliphatic carbocycles. The van der Waals surface area contributed by atoms with Crippen molar-refractivity contribution in [1.82, 2.24) is 9.97 Å². The lowest BCUT2D eigenvalue weighted by Gasteiger charge is -2.20. The summed E-state index contributed by atoms with van der Waals surface area (Å²) in [6.07, 6.45) is 3.28. The second-order valence-corrected chi connectivity index (χ2v) is 5.88. The number of nitrogens with two attached hydrogens (primary N) is 1. The van der Waals surface area contributed by atoms with E-state index in [1.54, 1.807) is 13.0 Å². The van der Waals surface area contributed by atoms with E-state index < -0.39 is 0 Å². The SMILES string of the molecule is C=CC(C)C(=O)Nc1nc2c(nc1C)-c1ccc(N)cc1CC2. The van der Waals surface area contributed by atoms with Crippen molar-refractivity contribution in [3.05, 3.63) is 47.8 Å². The standard InChI is InChI=1S/C18H20N4O/c1-4-10(2)18(23)22-17-11(3)20-16-14-7-6-13(19)9-12(14)5-8-15(16)21-17/h4,6-7,9-10H,1,5,8,19H2,2-3H3,(H,21,22,23). The van der Waals surface area contributed by atoms with E-state index in [1.807, 2.05) is 25.1 Å². The van der Waals surface area contributed by atoms with Crippen molar-refractivity contribution >= 4 is 17.4 Å². The first kappa shape index (κ1) is 15.2. The number of nitrogens with one attached hydrogen (secondary N) is 1. The molecule has 23 heavy (non-hydrogen) atoms. The highest BCUT2D eigenvalue weighted by atomic mass is 16.1. The topological polar surface area (TPSA) is 80.9 Å². The molecule has 0 radical (unpaired) electrons. The molecule has 0 bridgehead atoms. The third-order valence-electron chi connectivity index (χ3n) is 4.17. The average Bonchev–Trinajstić information content (AvgIpc) is 2.54. The van der Waals surface area contributed by atoms with E-state index >= 15 is 0 Å². The van der Waals surface area contributed by atoms with Crippen LogP contribution in [-0.4, -0.2) is 15.9 Å². The summed E-state index contributed by atoms with van der Waals surface area (Å²) in [7, 11) is 0. The van der Waals surface area contributed by atoms with E-state index in [4.69, 9.17) is 5.73 Å². The van der Waals surface area contributed by atoms with Gasteiger partial charge in [-0.15, -0.1) is 6.58 Å². The van der Waals surface area contributed by atoms with Crippen molar-refractivity contribution in [3.63, 3.8) is 0 Å². The fourth-order valence-corrected chi connectivity index (χ4v) is 2.70. The molecule has 1 unspecified atom stereocenters. The summed E-state index contributed by atoms with van der Waals surface area (Å²) in [6, 6.07) is 5.87. The van der Waals surface area contributed by atoms with Crippen molar-refractivity contribution in [1.29, 1.82) is 0 Å². The number of carbonyl (C=O) groups excluding carboxylic acids is 1. The van der Waals surface area contributed by atoms with E-state index in [-0.39, 0.29) is 11.8 Å². The minimum atomic E-state index is -0.268. The molecule has 0 saturated carbocycles. The predicted molar refractivity (Wildman–Crippen MR) is 92.0 cm³/mol. The molecule has 2 aromatic rings. The molecule has 0 fully saturated rings. The van der Waals surface area contributed by atoms with Gasteiger partial charge in [-0.25, -0.2) is 9.97 Å². The lowest BCUT2D eigenvalue weighted by molar-refractivity contribution is -0.118. The molecule has 5 nitrogen and oxygen atoms in total. The highest BCUT2D eigenvalue weighted by molar-refractivity contribution is 5.93. The Morgan fingerprint density at radius 1 is 1.39 bits per heavy atom. The number of fused-ring (bicyclic) bond motifs is 3. The number of nitrogens with zero attached hydrogens (tertiary/aromatic N) is 2. The van der Waals surface area contributed by atoms with E-state index in [2.05, 4.69) is 21.9 Å². The number of aryl methyl sites for hydroxylation is 3. The van der Waals surface area contributed by atoms with Crippen LogP contribution in [0.2, 0.25) is 0 Å². The molecule has 1 heterocycles. The van der Waals surface area contributed by atoms with Gasteiger partial charge in [-0.2, -0.15) is 0 Å². The third-order valence-corrected chi connectivity index (χ3v) is 4.17. The van der Waals surface area contributed by atoms with Crippen molar-refractivity contribution in [2.24, 2.45) is 5.92 Å². The molecule has 0 saturated heterocycles. The number of amides is 1. The van der Waals surface area contributed by atoms with Gasteiger partial charge in [0.1, 0.15) is 0 Å². The number of hydrogen-bond donors (Lipinski definition) is 2. The van der Waals surface area contributed by atoms with Gasteiger partial charge in [0, 0.05) is 11.3 Å². The zero-order valence-corrected chi connectivity index (χ0v) is 13.4. The summed E-state index contributed by atoms with van der Waals surface area (Å²) >= 11 is 0. The first-order chi connectivity index (χ1) is 11.0. The van der Waals surface area contributed by atoms with Gasteiger partial charge in [-0.3, -0.25) is 4.79 Å². The molecule has 5 heteroatoms. The Morgan fingerprint density at radius 2 is 2.17 bits per heavy atom. The highest BCUT2D eigenvalue weighted by Gasteiger charge is 2.21. The van der Waals surface area contributed by atoms with Gasteiger partial charge in [-0.05, 0) is 37.5 Å². The second-order valence-electron chi connectivity index (χ2n) is 5.88. The van der Waals surface area contributed by atoms with Gasteiger partial charge in [0.05, 0.1) is 23.0 Å². The van der Waals surface area contributed by atoms with E-state index in [1.165, 1.54) is 5.56 Å². The van der Waals surface area contributed by atoms with E-state index in [0.29, 0.717) is 11.5 Å².